The topological polar surface area (TPSA) is 76.1 Å². The molecule has 0 aliphatic rings. The van der Waals surface area contributed by atoms with Crippen LogP contribution in [0.4, 0.5) is 30.4 Å². The SMILES string of the molecule is COc1ccc(Nc2ccc(C(=O)Nc3cccc(C(F)(F)F)c3)nn2)cc1. The molecule has 0 unspecified atom stereocenters. The first-order valence-corrected chi connectivity index (χ1v) is 8.08. The first kappa shape index (κ1) is 19.2. The Morgan fingerprint density at radius 1 is 0.964 bits per heavy atom. The van der Waals surface area contributed by atoms with Crippen molar-refractivity contribution in [3.05, 3.63) is 71.9 Å². The molecule has 144 valence electrons. The second-order valence-electron chi connectivity index (χ2n) is 5.69. The van der Waals surface area contributed by atoms with Crippen LogP contribution in [0.25, 0.3) is 0 Å². The lowest BCUT2D eigenvalue weighted by atomic mass is 10.2. The van der Waals surface area contributed by atoms with Crippen LogP contribution in [0.2, 0.25) is 0 Å². The van der Waals surface area contributed by atoms with Gasteiger partial charge in [-0.1, -0.05) is 6.07 Å². The fraction of sp³-hybridized carbons (Fsp3) is 0.105. The Bertz CT molecular complexity index is 958. The Balaban J connectivity index is 1.66. The van der Waals surface area contributed by atoms with Gasteiger partial charge in [0.05, 0.1) is 12.7 Å². The van der Waals surface area contributed by atoms with Crippen LogP contribution < -0.4 is 15.4 Å². The minimum atomic E-state index is -4.49. The number of rotatable bonds is 5. The van der Waals surface area contributed by atoms with Gasteiger partial charge in [-0.15, -0.1) is 10.2 Å². The van der Waals surface area contributed by atoms with E-state index in [0.29, 0.717) is 11.6 Å². The summed E-state index contributed by atoms with van der Waals surface area (Å²) in [6, 6.07) is 14.4. The van der Waals surface area contributed by atoms with Gasteiger partial charge in [-0.05, 0) is 54.6 Å². The number of halogens is 3. The van der Waals surface area contributed by atoms with Crippen molar-refractivity contribution < 1.29 is 22.7 Å². The highest BCUT2D eigenvalue weighted by molar-refractivity contribution is 6.02. The van der Waals surface area contributed by atoms with Crippen molar-refractivity contribution in [2.24, 2.45) is 0 Å². The summed E-state index contributed by atoms with van der Waals surface area (Å²) in [6.07, 6.45) is -4.49. The quantitative estimate of drug-likeness (QED) is 0.673. The van der Waals surface area contributed by atoms with E-state index in [2.05, 4.69) is 20.8 Å². The Kier molecular flexibility index (Phi) is 5.44. The van der Waals surface area contributed by atoms with Gasteiger partial charge < -0.3 is 15.4 Å². The molecule has 0 radical (unpaired) electrons. The predicted octanol–water partition coefficient (Wildman–Crippen LogP) is 4.50. The molecule has 0 saturated heterocycles. The van der Waals surface area contributed by atoms with E-state index in [4.69, 9.17) is 4.74 Å². The lowest BCUT2D eigenvalue weighted by Crippen LogP contribution is -2.15. The summed E-state index contributed by atoms with van der Waals surface area (Å²) in [7, 11) is 1.57. The molecule has 0 saturated carbocycles. The van der Waals surface area contributed by atoms with Gasteiger partial charge in [0.2, 0.25) is 0 Å². The van der Waals surface area contributed by atoms with Crippen molar-refractivity contribution in [2.45, 2.75) is 6.18 Å². The zero-order valence-electron chi connectivity index (χ0n) is 14.6. The van der Waals surface area contributed by atoms with Gasteiger partial charge in [0.25, 0.3) is 5.91 Å². The summed E-state index contributed by atoms with van der Waals surface area (Å²) in [4.78, 5) is 12.2. The van der Waals surface area contributed by atoms with Crippen LogP contribution in [-0.4, -0.2) is 23.2 Å². The Morgan fingerprint density at radius 2 is 1.71 bits per heavy atom. The van der Waals surface area contributed by atoms with E-state index in [1.54, 1.807) is 31.4 Å². The summed E-state index contributed by atoms with van der Waals surface area (Å²) < 4.78 is 43.3. The van der Waals surface area contributed by atoms with Crippen LogP contribution in [0.1, 0.15) is 16.1 Å². The molecule has 2 N–H and O–H groups in total. The van der Waals surface area contributed by atoms with Gasteiger partial charge >= 0.3 is 6.18 Å². The maximum atomic E-state index is 12.7. The van der Waals surface area contributed by atoms with Crippen LogP contribution in [0.5, 0.6) is 5.75 Å². The van der Waals surface area contributed by atoms with Crippen LogP contribution in [0, 0.1) is 0 Å². The van der Waals surface area contributed by atoms with Crippen molar-refractivity contribution >= 4 is 23.1 Å². The number of ether oxygens (including phenoxy) is 1. The number of carbonyl (C=O) groups excluding carboxylic acids is 1. The molecule has 3 aromatic rings. The molecule has 28 heavy (non-hydrogen) atoms. The predicted molar refractivity (Wildman–Crippen MR) is 97.7 cm³/mol. The number of amides is 1. The number of hydrogen-bond acceptors (Lipinski definition) is 5. The Morgan fingerprint density at radius 3 is 2.32 bits per heavy atom. The molecular formula is C19H15F3N4O2. The average molecular weight is 388 g/mol. The molecule has 0 fully saturated rings. The summed E-state index contributed by atoms with van der Waals surface area (Å²) in [5.74, 6) is 0.446. The van der Waals surface area contributed by atoms with Gasteiger partial charge in [-0.2, -0.15) is 13.2 Å². The standard InChI is InChI=1S/C19H15F3N4O2/c1-28-15-7-5-13(6-8-15)23-17-10-9-16(25-26-17)18(27)24-14-4-2-3-12(11-14)19(20,21)22/h2-11H,1H3,(H,23,26)(H,24,27). The van der Waals surface area contributed by atoms with Crippen molar-refractivity contribution in [1.29, 1.82) is 0 Å². The molecule has 2 aromatic carbocycles. The number of methoxy groups -OCH3 is 1. The molecule has 9 heteroatoms. The molecule has 6 nitrogen and oxygen atoms in total. The smallest absolute Gasteiger partial charge is 0.416 e. The fourth-order valence-electron chi connectivity index (χ4n) is 2.31. The van der Waals surface area contributed by atoms with Crippen molar-refractivity contribution in [3.63, 3.8) is 0 Å². The first-order valence-electron chi connectivity index (χ1n) is 8.08. The van der Waals surface area contributed by atoms with Crippen molar-refractivity contribution in [1.82, 2.24) is 10.2 Å². The largest absolute Gasteiger partial charge is 0.497 e. The number of nitrogens with one attached hydrogen (secondary N) is 2. The molecule has 3 rings (SSSR count). The van der Waals surface area contributed by atoms with Gasteiger partial charge in [0.15, 0.2) is 11.5 Å². The van der Waals surface area contributed by atoms with Gasteiger partial charge in [-0.3, -0.25) is 4.79 Å². The zero-order valence-corrected chi connectivity index (χ0v) is 14.6. The highest BCUT2D eigenvalue weighted by Crippen LogP contribution is 2.30. The molecule has 0 aliphatic heterocycles. The van der Waals surface area contributed by atoms with Crippen LogP contribution in [0.3, 0.4) is 0 Å². The number of carbonyl (C=O) groups is 1. The van der Waals surface area contributed by atoms with Crippen LogP contribution in [-0.2, 0) is 6.18 Å². The molecule has 0 spiro atoms. The summed E-state index contributed by atoms with van der Waals surface area (Å²) in [5, 5.41) is 13.1. The average Bonchev–Trinajstić information content (AvgIpc) is 2.69. The van der Waals surface area contributed by atoms with E-state index in [-0.39, 0.29) is 11.4 Å². The maximum absolute atomic E-state index is 12.7. The third-order valence-electron chi connectivity index (χ3n) is 3.71. The maximum Gasteiger partial charge on any atom is 0.416 e. The second-order valence-corrected chi connectivity index (χ2v) is 5.69. The van der Waals surface area contributed by atoms with Crippen LogP contribution >= 0.6 is 0 Å². The van der Waals surface area contributed by atoms with E-state index in [1.807, 2.05) is 0 Å². The number of aromatic nitrogens is 2. The summed E-state index contributed by atoms with van der Waals surface area (Å²) in [5.41, 5.74) is -0.119. The molecule has 1 amide bonds. The first-order chi connectivity index (χ1) is 13.3. The Hall–Kier alpha value is -3.62. The molecular weight excluding hydrogens is 373 g/mol. The fourth-order valence-corrected chi connectivity index (χ4v) is 2.31. The highest BCUT2D eigenvalue weighted by atomic mass is 19.4. The summed E-state index contributed by atoms with van der Waals surface area (Å²) in [6.45, 7) is 0. The highest BCUT2D eigenvalue weighted by Gasteiger charge is 2.30. The van der Waals surface area contributed by atoms with E-state index < -0.39 is 17.6 Å². The van der Waals surface area contributed by atoms with Crippen LogP contribution in [0.15, 0.2) is 60.7 Å². The lowest BCUT2D eigenvalue weighted by molar-refractivity contribution is -0.137. The number of nitrogens with zero attached hydrogens (tertiary/aromatic N) is 2. The second kappa shape index (κ2) is 7.95. The third-order valence-corrected chi connectivity index (χ3v) is 3.71. The van der Waals surface area contributed by atoms with Gasteiger partial charge in [-0.25, -0.2) is 0 Å². The minimum Gasteiger partial charge on any atom is -0.497 e. The van der Waals surface area contributed by atoms with E-state index in [1.165, 1.54) is 24.3 Å². The number of alkyl halides is 3. The summed E-state index contributed by atoms with van der Waals surface area (Å²) >= 11 is 0. The molecule has 1 aromatic heterocycles. The van der Waals surface area contributed by atoms with E-state index in [9.17, 15) is 18.0 Å². The monoisotopic (exact) mass is 388 g/mol. The minimum absolute atomic E-state index is 0.0158. The van der Waals surface area contributed by atoms with Gasteiger partial charge in [0.1, 0.15) is 5.75 Å². The van der Waals surface area contributed by atoms with Crippen molar-refractivity contribution in [2.75, 3.05) is 17.7 Å². The van der Waals surface area contributed by atoms with E-state index >= 15 is 0 Å². The molecule has 0 aliphatic carbocycles. The molecule has 1 heterocycles. The number of benzene rings is 2. The lowest BCUT2D eigenvalue weighted by Gasteiger charge is -2.10. The zero-order chi connectivity index (χ0) is 20.1. The normalized spacial score (nSPS) is 11.0. The van der Waals surface area contributed by atoms with E-state index in [0.717, 1.165) is 17.8 Å². The molecule has 0 atom stereocenters. The molecule has 0 bridgehead atoms. The Labute approximate surface area is 158 Å². The third kappa shape index (κ3) is 4.76. The number of hydrogen-bond donors (Lipinski definition) is 2. The van der Waals surface area contributed by atoms with Gasteiger partial charge in [0, 0.05) is 11.4 Å². The number of anilines is 3. The van der Waals surface area contributed by atoms with Crippen molar-refractivity contribution in [3.8, 4) is 5.75 Å².